The van der Waals surface area contributed by atoms with Crippen molar-refractivity contribution in [3.63, 3.8) is 0 Å². The molecule has 33 heavy (non-hydrogen) atoms. The van der Waals surface area contributed by atoms with Gasteiger partial charge in [-0.3, -0.25) is 19.6 Å². The lowest BCUT2D eigenvalue weighted by Crippen LogP contribution is -2.36. The van der Waals surface area contributed by atoms with E-state index >= 15 is 0 Å². The molecule has 2 amide bonds. The zero-order valence-corrected chi connectivity index (χ0v) is 19.8. The van der Waals surface area contributed by atoms with Crippen LogP contribution in [-0.2, 0) is 27.3 Å². The average Bonchev–Trinajstić information content (AvgIpc) is 3.14. The van der Waals surface area contributed by atoms with Crippen LogP contribution < -0.4 is 10.8 Å². The van der Waals surface area contributed by atoms with E-state index in [2.05, 4.69) is 28.2 Å². The van der Waals surface area contributed by atoms with E-state index in [-0.39, 0.29) is 30.4 Å². The number of benzene rings is 1. The van der Waals surface area contributed by atoms with Crippen LogP contribution in [0.1, 0.15) is 64.4 Å². The molecular weight excluding hydrogens is 418 g/mol. The van der Waals surface area contributed by atoms with Crippen molar-refractivity contribution in [2.24, 2.45) is 17.8 Å². The van der Waals surface area contributed by atoms with Crippen LogP contribution in [0.4, 0.5) is 0 Å². The van der Waals surface area contributed by atoms with Gasteiger partial charge in [-0.15, -0.1) is 0 Å². The highest BCUT2D eigenvalue weighted by atomic mass is 16.5. The molecule has 1 aliphatic heterocycles. The molecule has 7 heteroatoms. The lowest BCUT2D eigenvalue weighted by molar-refractivity contribution is -0.135. The normalized spacial score (nSPS) is 18.7. The number of nitrogens with one attached hydrogen (secondary N) is 2. The quantitative estimate of drug-likeness (QED) is 0.434. The van der Waals surface area contributed by atoms with Crippen molar-refractivity contribution in [1.82, 2.24) is 15.4 Å². The van der Waals surface area contributed by atoms with E-state index in [1.165, 1.54) is 0 Å². The zero-order chi connectivity index (χ0) is 23.8. The number of hydrogen-bond donors (Lipinski definition) is 3. The van der Waals surface area contributed by atoms with Crippen molar-refractivity contribution in [3.05, 3.63) is 36.0 Å². The van der Waals surface area contributed by atoms with Gasteiger partial charge in [-0.05, 0) is 43.2 Å². The maximum atomic E-state index is 13.3. The number of carbonyl (C=O) groups is 3. The summed E-state index contributed by atoms with van der Waals surface area (Å²) in [7, 11) is 0. The molecule has 0 fully saturated rings. The Morgan fingerprint density at radius 1 is 1.18 bits per heavy atom. The first kappa shape index (κ1) is 25.0. The van der Waals surface area contributed by atoms with Gasteiger partial charge >= 0.3 is 0 Å². The first-order valence-corrected chi connectivity index (χ1v) is 12.2. The number of aryl methyl sites for hydroxylation is 1. The standard InChI is InChI=1S/C26H37N3O4/c1-18(2)13-19(16-25(31)28-33)24(30)15-20-14-21-17-29(23-10-6-5-9-22(21)23)12-8-4-3-7-11-27-26(20)32/h5-6,9-10,17-20,33H,3-4,7-8,11-16H2,1-2H3,(H,27,32)(H,28,31)/t19-,20-/m1/s1. The molecule has 2 heterocycles. The summed E-state index contributed by atoms with van der Waals surface area (Å²) in [5, 5.41) is 13.1. The number of ketones is 1. The Balaban J connectivity index is 1.87. The minimum absolute atomic E-state index is 0.0683. The summed E-state index contributed by atoms with van der Waals surface area (Å²) in [5.41, 5.74) is 3.87. The van der Waals surface area contributed by atoms with Gasteiger partial charge < -0.3 is 9.88 Å². The van der Waals surface area contributed by atoms with Crippen LogP contribution >= 0.6 is 0 Å². The largest absolute Gasteiger partial charge is 0.356 e. The Morgan fingerprint density at radius 3 is 2.70 bits per heavy atom. The Morgan fingerprint density at radius 2 is 1.94 bits per heavy atom. The molecule has 2 atom stereocenters. The summed E-state index contributed by atoms with van der Waals surface area (Å²) in [6, 6.07) is 8.22. The maximum Gasteiger partial charge on any atom is 0.244 e. The third kappa shape index (κ3) is 6.90. The molecule has 0 unspecified atom stereocenters. The number of para-hydroxylation sites is 1. The van der Waals surface area contributed by atoms with E-state index in [9.17, 15) is 14.4 Å². The van der Waals surface area contributed by atoms with Crippen LogP contribution in [-0.4, -0.2) is 33.9 Å². The van der Waals surface area contributed by atoms with Crippen molar-refractivity contribution in [1.29, 1.82) is 0 Å². The van der Waals surface area contributed by atoms with Gasteiger partial charge in [-0.25, -0.2) is 5.48 Å². The molecule has 1 aromatic carbocycles. The molecule has 1 aliphatic rings. The smallest absolute Gasteiger partial charge is 0.244 e. The molecule has 1 aromatic heterocycles. The van der Waals surface area contributed by atoms with Gasteiger partial charge in [-0.1, -0.05) is 44.9 Å². The van der Waals surface area contributed by atoms with E-state index in [0.717, 1.165) is 48.7 Å². The number of Topliss-reactive ketones (excluding diaryl/α,β-unsaturated/α-hetero) is 1. The molecule has 2 bridgehead atoms. The van der Waals surface area contributed by atoms with Crippen LogP contribution in [0.25, 0.3) is 10.9 Å². The Bertz CT molecular complexity index is 966. The van der Waals surface area contributed by atoms with Crippen LogP contribution in [0.15, 0.2) is 30.5 Å². The first-order valence-electron chi connectivity index (χ1n) is 12.2. The molecular formula is C26H37N3O4. The summed E-state index contributed by atoms with van der Waals surface area (Å²) in [5.74, 6) is -1.57. The summed E-state index contributed by atoms with van der Waals surface area (Å²) < 4.78 is 2.27. The molecule has 0 saturated carbocycles. The highest BCUT2D eigenvalue weighted by molar-refractivity contribution is 5.91. The highest BCUT2D eigenvalue weighted by Gasteiger charge is 2.29. The molecule has 3 N–H and O–H groups in total. The van der Waals surface area contributed by atoms with Gasteiger partial charge in [0.25, 0.3) is 0 Å². The summed E-state index contributed by atoms with van der Waals surface area (Å²) >= 11 is 0. The minimum Gasteiger partial charge on any atom is -0.356 e. The molecule has 0 radical (unpaired) electrons. The summed E-state index contributed by atoms with van der Waals surface area (Å²) in [6.07, 6.45) is 7.37. The first-order chi connectivity index (χ1) is 15.9. The third-order valence-electron chi connectivity index (χ3n) is 6.55. The fourth-order valence-corrected chi connectivity index (χ4v) is 4.89. The minimum atomic E-state index is -0.573. The summed E-state index contributed by atoms with van der Waals surface area (Å²) in [4.78, 5) is 38.2. The molecule has 0 spiro atoms. The molecule has 7 nitrogen and oxygen atoms in total. The van der Waals surface area contributed by atoms with Crippen LogP contribution in [0.5, 0.6) is 0 Å². The number of rotatable bonds is 7. The van der Waals surface area contributed by atoms with Crippen molar-refractivity contribution >= 4 is 28.5 Å². The number of hydroxylamine groups is 1. The van der Waals surface area contributed by atoms with Crippen molar-refractivity contribution in [2.45, 2.75) is 71.8 Å². The highest BCUT2D eigenvalue weighted by Crippen LogP contribution is 2.28. The lowest BCUT2D eigenvalue weighted by Gasteiger charge is -2.21. The van der Waals surface area contributed by atoms with E-state index in [4.69, 9.17) is 5.21 Å². The molecule has 2 aromatic rings. The fourth-order valence-electron chi connectivity index (χ4n) is 4.89. The zero-order valence-electron chi connectivity index (χ0n) is 19.8. The van der Waals surface area contributed by atoms with Crippen LogP contribution in [0, 0.1) is 17.8 Å². The van der Waals surface area contributed by atoms with E-state index < -0.39 is 17.7 Å². The SMILES string of the molecule is CC(C)C[C@H](CC(=O)NO)C(=O)C[C@H]1Cc2cn(c3ccccc23)CCCCCCNC1=O. The predicted octanol–water partition coefficient (Wildman–Crippen LogP) is 4.01. The van der Waals surface area contributed by atoms with Gasteiger partial charge in [0.15, 0.2) is 0 Å². The average molecular weight is 456 g/mol. The van der Waals surface area contributed by atoms with E-state index in [1.54, 1.807) is 5.48 Å². The maximum absolute atomic E-state index is 13.3. The predicted molar refractivity (Wildman–Crippen MR) is 128 cm³/mol. The topological polar surface area (TPSA) is 100 Å². The second kappa shape index (κ2) is 12.0. The summed E-state index contributed by atoms with van der Waals surface area (Å²) in [6.45, 7) is 5.55. The van der Waals surface area contributed by atoms with E-state index in [1.807, 2.05) is 26.0 Å². The molecule has 180 valence electrons. The van der Waals surface area contributed by atoms with Crippen LogP contribution in [0.2, 0.25) is 0 Å². The van der Waals surface area contributed by atoms with Crippen LogP contribution in [0.3, 0.4) is 0 Å². The van der Waals surface area contributed by atoms with Crippen molar-refractivity contribution in [2.75, 3.05) is 6.54 Å². The van der Waals surface area contributed by atoms with E-state index in [0.29, 0.717) is 19.4 Å². The van der Waals surface area contributed by atoms with Gasteiger partial charge in [-0.2, -0.15) is 0 Å². The number of hydrogen-bond acceptors (Lipinski definition) is 4. The van der Waals surface area contributed by atoms with Gasteiger partial charge in [0.2, 0.25) is 11.8 Å². The fraction of sp³-hybridized carbons (Fsp3) is 0.577. The number of nitrogens with zero attached hydrogens (tertiary/aromatic N) is 1. The molecule has 0 saturated heterocycles. The van der Waals surface area contributed by atoms with Gasteiger partial charge in [0, 0.05) is 54.9 Å². The molecule has 3 rings (SSSR count). The number of fused-ring (bicyclic) bond motifs is 5. The van der Waals surface area contributed by atoms with Gasteiger partial charge in [0.1, 0.15) is 5.78 Å². The Hall–Kier alpha value is -2.67. The number of carbonyl (C=O) groups excluding carboxylic acids is 3. The molecule has 0 aliphatic carbocycles. The second-order valence-electron chi connectivity index (χ2n) is 9.71. The van der Waals surface area contributed by atoms with Gasteiger partial charge in [0.05, 0.1) is 0 Å². The number of amides is 2. The monoisotopic (exact) mass is 455 g/mol. The Kier molecular flexibility index (Phi) is 9.06. The van der Waals surface area contributed by atoms with Crippen molar-refractivity contribution < 1.29 is 19.6 Å². The third-order valence-corrected chi connectivity index (χ3v) is 6.55. The Labute approximate surface area is 195 Å². The number of aromatic nitrogens is 1. The lowest BCUT2D eigenvalue weighted by atomic mass is 9.84. The van der Waals surface area contributed by atoms with Crippen molar-refractivity contribution in [3.8, 4) is 0 Å². The second-order valence-corrected chi connectivity index (χ2v) is 9.71.